The average Bonchev–Trinajstić information content (AvgIpc) is 3.43. The number of aliphatic hydroxyl groups is 1. The molecule has 1 aliphatic heterocycles. The van der Waals surface area contributed by atoms with Gasteiger partial charge in [0.25, 0.3) is 5.91 Å². The molecular formula is C27H39N7O4S. The lowest BCUT2D eigenvalue weighted by Gasteiger charge is -2.40. The fourth-order valence-corrected chi connectivity index (χ4v) is 5.69. The van der Waals surface area contributed by atoms with Crippen LogP contribution in [0.3, 0.4) is 0 Å². The Morgan fingerprint density at radius 1 is 1.36 bits per heavy atom. The number of hydroxylamine groups is 1. The van der Waals surface area contributed by atoms with Gasteiger partial charge in [-0.1, -0.05) is 0 Å². The van der Waals surface area contributed by atoms with Gasteiger partial charge in [-0.05, 0) is 80.6 Å². The van der Waals surface area contributed by atoms with Crippen molar-refractivity contribution in [1.82, 2.24) is 30.9 Å². The number of urea groups is 1. The molecule has 2 atom stereocenters. The molecular weight excluding hydrogens is 518 g/mol. The number of likely N-dealkylation sites (tertiary alicyclic amines) is 1. The highest BCUT2D eigenvalue weighted by molar-refractivity contribution is 7.07. The number of thiophene rings is 1. The van der Waals surface area contributed by atoms with Crippen LogP contribution in [-0.4, -0.2) is 77.2 Å². The van der Waals surface area contributed by atoms with E-state index in [0.717, 1.165) is 43.5 Å². The number of nitrogens with one attached hydrogen (secondary N) is 3. The first-order valence-electron chi connectivity index (χ1n) is 13.1. The normalized spacial score (nSPS) is 15.8. The third-order valence-electron chi connectivity index (χ3n) is 7.14. The number of amides is 3. The summed E-state index contributed by atoms with van der Waals surface area (Å²) in [4.78, 5) is 38.3. The van der Waals surface area contributed by atoms with Gasteiger partial charge in [-0.15, -0.1) is 0 Å². The summed E-state index contributed by atoms with van der Waals surface area (Å²) in [7, 11) is 1.45. The van der Waals surface area contributed by atoms with Crippen molar-refractivity contribution in [2.75, 3.05) is 33.3 Å². The summed E-state index contributed by atoms with van der Waals surface area (Å²) in [5.41, 5.74) is 5.79. The Bertz CT molecular complexity index is 1110. The molecule has 0 saturated carbocycles. The van der Waals surface area contributed by atoms with Crippen LogP contribution < -0.4 is 16.1 Å². The third kappa shape index (κ3) is 8.45. The minimum Gasteiger partial charge on any atom is -0.374 e. The molecule has 212 valence electrons. The van der Waals surface area contributed by atoms with Gasteiger partial charge in [0.15, 0.2) is 0 Å². The van der Waals surface area contributed by atoms with Crippen molar-refractivity contribution in [3.8, 4) is 6.07 Å². The average molecular weight is 558 g/mol. The Kier molecular flexibility index (Phi) is 11.6. The molecule has 1 fully saturated rings. The molecule has 0 radical (unpaired) electrons. The van der Waals surface area contributed by atoms with Gasteiger partial charge in [0.1, 0.15) is 18.5 Å². The number of nitrogens with zero attached hydrogens (tertiary/aromatic N) is 4. The van der Waals surface area contributed by atoms with Crippen LogP contribution in [0.1, 0.15) is 65.3 Å². The molecule has 1 aliphatic rings. The number of aromatic nitrogens is 1. The number of piperidine rings is 1. The summed E-state index contributed by atoms with van der Waals surface area (Å²) in [6.45, 7) is 8.61. The molecule has 11 nitrogen and oxygen atoms in total. The van der Waals surface area contributed by atoms with Gasteiger partial charge in [-0.25, -0.2) is 15.3 Å². The summed E-state index contributed by atoms with van der Waals surface area (Å²) >= 11 is 1.62. The smallest absolute Gasteiger partial charge is 0.341 e. The maximum atomic E-state index is 12.7. The molecule has 4 N–H and O–H groups in total. The predicted molar refractivity (Wildman–Crippen MR) is 149 cm³/mol. The molecule has 3 heterocycles. The minimum atomic E-state index is -0.906. The first kappa shape index (κ1) is 30.5. The Labute approximate surface area is 234 Å². The van der Waals surface area contributed by atoms with Gasteiger partial charge in [0, 0.05) is 43.0 Å². The Morgan fingerprint density at radius 3 is 2.72 bits per heavy atom. The number of carbonyl (C=O) groups excluding carboxylic acids is 2. The molecule has 39 heavy (non-hydrogen) atoms. The maximum absolute atomic E-state index is 12.7. The van der Waals surface area contributed by atoms with Crippen LogP contribution in [-0.2, 0) is 11.4 Å². The first-order chi connectivity index (χ1) is 18.7. The largest absolute Gasteiger partial charge is 0.374 e. The topological polar surface area (TPSA) is 143 Å². The van der Waals surface area contributed by atoms with E-state index in [1.54, 1.807) is 24.3 Å². The van der Waals surface area contributed by atoms with Crippen LogP contribution in [0.4, 0.5) is 4.79 Å². The molecule has 12 heteroatoms. The third-order valence-corrected chi connectivity index (χ3v) is 7.87. The molecule has 1 saturated heterocycles. The van der Waals surface area contributed by atoms with E-state index in [0.29, 0.717) is 30.4 Å². The predicted octanol–water partition coefficient (Wildman–Crippen LogP) is 2.61. The summed E-state index contributed by atoms with van der Waals surface area (Å²) in [5.74, 6) is -0.414. The summed E-state index contributed by atoms with van der Waals surface area (Å²) in [5, 5.41) is 29.2. The van der Waals surface area contributed by atoms with Gasteiger partial charge >= 0.3 is 6.03 Å². The zero-order valence-corrected chi connectivity index (χ0v) is 23.9. The molecule has 0 spiro atoms. The van der Waals surface area contributed by atoms with Gasteiger partial charge in [0.05, 0.1) is 13.2 Å². The van der Waals surface area contributed by atoms with E-state index in [4.69, 9.17) is 10.1 Å². The van der Waals surface area contributed by atoms with Crippen molar-refractivity contribution in [1.29, 1.82) is 5.26 Å². The molecule has 0 aliphatic carbocycles. The van der Waals surface area contributed by atoms with Gasteiger partial charge < -0.3 is 20.2 Å². The lowest BCUT2D eigenvalue weighted by molar-refractivity contribution is 0.0559. The lowest BCUT2D eigenvalue weighted by atomic mass is 10.0. The van der Waals surface area contributed by atoms with Crippen molar-refractivity contribution in [3.63, 3.8) is 0 Å². The molecule has 3 amide bonds. The number of rotatable bonds is 12. The lowest BCUT2D eigenvalue weighted by Crippen LogP contribution is -2.51. The highest BCUT2D eigenvalue weighted by atomic mass is 32.1. The van der Waals surface area contributed by atoms with Crippen LogP contribution in [0.25, 0.3) is 0 Å². The van der Waals surface area contributed by atoms with E-state index in [9.17, 15) is 14.7 Å². The molecule has 0 aromatic carbocycles. The van der Waals surface area contributed by atoms with Crippen LogP contribution >= 0.6 is 11.3 Å². The molecule has 3 rings (SSSR count). The highest BCUT2D eigenvalue weighted by Gasteiger charge is 2.30. The van der Waals surface area contributed by atoms with Crippen molar-refractivity contribution in [2.24, 2.45) is 0 Å². The number of nitriles is 1. The second-order valence-electron chi connectivity index (χ2n) is 9.80. The van der Waals surface area contributed by atoms with Crippen molar-refractivity contribution in [2.45, 2.75) is 64.9 Å². The second-order valence-corrected chi connectivity index (χ2v) is 10.6. The standard InChI is InChI=1S/C27H39N7O4S/c1-18-15-23(25(35)30-11-9-28)31-20(3)24(18)26(36)29-10-5-19(2)33-12-6-22(7-13-33)34(27(37)32-38-4)16-21-8-14-39-17-21/h8,14-15,17,19,22,26,29,36H,5-7,10-13,16H2,1-4H3,(H,30,35)(H,32,37)/t19-,26?/m1/s1. The van der Waals surface area contributed by atoms with Crippen LogP contribution in [0.5, 0.6) is 0 Å². The Hall–Kier alpha value is -3.08. The number of hydrogen-bond donors (Lipinski definition) is 4. The van der Waals surface area contributed by atoms with E-state index in [1.807, 2.05) is 29.3 Å². The van der Waals surface area contributed by atoms with Gasteiger partial charge in [-0.2, -0.15) is 16.6 Å². The zero-order valence-electron chi connectivity index (χ0n) is 23.1. The van der Waals surface area contributed by atoms with E-state index in [1.165, 1.54) is 7.11 Å². The number of aliphatic hydroxyl groups excluding tert-OH is 1. The number of carbonyl (C=O) groups is 2. The van der Waals surface area contributed by atoms with Crippen molar-refractivity contribution >= 4 is 23.3 Å². The summed E-state index contributed by atoms with van der Waals surface area (Å²) in [6, 6.07) is 5.75. The Morgan fingerprint density at radius 2 is 2.10 bits per heavy atom. The first-order valence-corrected chi connectivity index (χ1v) is 14.1. The highest BCUT2D eigenvalue weighted by Crippen LogP contribution is 2.23. The van der Waals surface area contributed by atoms with Crippen molar-refractivity contribution < 1.29 is 19.5 Å². The number of hydrogen-bond acceptors (Lipinski definition) is 9. The summed E-state index contributed by atoms with van der Waals surface area (Å²) < 4.78 is 0. The fraction of sp³-hybridized carbons (Fsp3) is 0.556. The molecule has 0 bridgehead atoms. The molecule has 1 unspecified atom stereocenters. The zero-order chi connectivity index (χ0) is 28.4. The van der Waals surface area contributed by atoms with Crippen LogP contribution in [0, 0.1) is 25.2 Å². The minimum absolute atomic E-state index is 0.0864. The van der Waals surface area contributed by atoms with Crippen LogP contribution in [0.15, 0.2) is 22.9 Å². The quantitative estimate of drug-likeness (QED) is 0.177. The SMILES string of the molecule is CONC(=O)N(Cc1ccsc1)C1CCN([C@H](C)CCNC(O)c2c(C)cc(C(=O)NCC#N)nc2C)CC1. The maximum Gasteiger partial charge on any atom is 0.341 e. The Balaban J connectivity index is 1.49. The second kappa shape index (κ2) is 14.9. The van der Waals surface area contributed by atoms with E-state index >= 15 is 0 Å². The number of pyridine rings is 1. The van der Waals surface area contributed by atoms with Crippen LogP contribution in [0.2, 0.25) is 0 Å². The van der Waals surface area contributed by atoms with Gasteiger partial charge in [-0.3, -0.25) is 14.9 Å². The number of aryl methyl sites for hydroxylation is 2. The summed E-state index contributed by atoms with van der Waals surface area (Å²) in [6.07, 6.45) is 1.68. The van der Waals surface area contributed by atoms with E-state index < -0.39 is 12.1 Å². The monoisotopic (exact) mass is 557 g/mol. The molecule has 2 aromatic heterocycles. The van der Waals surface area contributed by atoms with E-state index in [2.05, 4.69) is 38.3 Å². The van der Waals surface area contributed by atoms with E-state index in [-0.39, 0.29) is 24.3 Å². The fourth-order valence-electron chi connectivity index (χ4n) is 5.03. The van der Waals surface area contributed by atoms with Gasteiger partial charge in [0.2, 0.25) is 0 Å². The molecule has 2 aromatic rings. The van der Waals surface area contributed by atoms with Crippen molar-refractivity contribution in [3.05, 3.63) is 51.0 Å².